The molecule has 1 aromatic carbocycles. The van der Waals surface area contributed by atoms with Crippen LogP contribution >= 0.6 is 11.3 Å². The first-order valence-electron chi connectivity index (χ1n) is 7.94. The molecule has 2 amide bonds. The van der Waals surface area contributed by atoms with E-state index in [4.69, 9.17) is 4.74 Å². The Bertz CT molecular complexity index is 697. The van der Waals surface area contributed by atoms with Gasteiger partial charge in [-0.15, -0.1) is 10.2 Å². The standard InChI is InChI=1S/C16H21N5O2S/c1-11-6-8-21(9-7-11)16-20-19-15(24-16)18-14(22)17-12-4-3-5-13(10-12)23-2/h3-5,10-11H,6-9H2,1-2H3,(H2,17,18,19,22). The van der Waals surface area contributed by atoms with Crippen molar-refractivity contribution >= 4 is 33.3 Å². The Hall–Kier alpha value is -2.35. The molecular weight excluding hydrogens is 326 g/mol. The number of anilines is 3. The molecule has 0 aliphatic carbocycles. The van der Waals surface area contributed by atoms with E-state index in [0.29, 0.717) is 16.6 Å². The van der Waals surface area contributed by atoms with Crippen LogP contribution in [0.4, 0.5) is 20.7 Å². The second-order valence-electron chi connectivity index (χ2n) is 5.87. The Morgan fingerprint density at radius 2 is 2.08 bits per heavy atom. The highest BCUT2D eigenvalue weighted by molar-refractivity contribution is 7.19. The van der Waals surface area contributed by atoms with Crippen LogP contribution in [-0.2, 0) is 0 Å². The molecule has 2 heterocycles. The van der Waals surface area contributed by atoms with E-state index in [-0.39, 0.29) is 6.03 Å². The predicted molar refractivity (Wildman–Crippen MR) is 96.2 cm³/mol. The molecule has 2 aromatic rings. The van der Waals surface area contributed by atoms with Gasteiger partial charge >= 0.3 is 6.03 Å². The van der Waals surface area contributed by atoms with Gasteiger partial charge in [-0.3, -0.25) is 5.32 Å². The van der Waals surface area contributed by atoms with Gasteiger partial charge in [0.25, 0.3) is 0 Å². The molecule has 1 aromatic heterocycles. The first kappa shape index (κ1) is 16.5. The summed E-state index contributed by atoms with van der Waals surface area (Å²) in [5.41, 5.74) is 0.654. The van der Waals surface area contributed by atoms with Crippen molar-refractivity contribution in [3.63, 3.8) is 0 Å². The first-order valence-corrected chi connectivity index (χ1v) is 8.76. The first-order chi connectivity index (χ1) is 11.6. The van der Waals surface area contributed by atoms with E-state index >= 15 is 0 Å². The quantitative estimate of drug-likeness (QED) is 0.886. The fourth-order valence-electron chi connectivity index (χ4n) is 2.55. The van der Waals surface area contributed by atoms with Gasteiger partial charge in [-0.2, -0.15) is 0 Å². The summed E-state index contributed by atoms with van der Waals surface area (Å²) in [7, 11) is 1.59. The molecule has 0 unspecified atom stereocenters. The van der Waals surface area contributed by atoms with Gasteiger partial charge in [0, 0.05) is 24.8 Å². The van der Waals surface area contributed by atoms with Crippen molar-refractivity contribution in [3.05, 3.63) is 24.3 Å². The zero-order valence-corrected chi connectivity index (χ0v) is 14.6. The van der Waals surface area contributed by atoms with Gasteiger partial charge in [0.15, 0.2) is 0 Å². The number of ether oxygens (including phenoxy) is 1. The summed E-state index contributed by atoms with van der Waals surface area (Å²) in [4.78, 5) is 14.3. The molecule has 7 nitrogen and oxygen atoms in total. The van der Waals surface area contributed by atoms with E-state index in [1.165, 1.54) is 24.2 Å². The minimum Gasteiger partial charge on any atom is -0.497 e. The number of nitrogens with zero attached hydrogens (tertiary/aromatic N) is 3. The minimum absolute atomic E-state index is 0.349. The Morgan fingerprint density at radius 1 is 1.29 bits per heavy atom. The number of aromatic nitrogens is 2. The molecule has 0 atom stereocenters. The maximum Gasteiger partial charge on any atom is 0.325 e. The number of hydrogen-bond acceptors (Lipinski definition) is 6. The molecule has 8 heteroatoms. The topological polar surface area (TPSA) is 79.4 Å². The number of piperidine rings is 1. The van der Waals surface area contributed by atoms with E-state index < -0.39 is 0 Å². The molecule has 0 spiro atoms. The van der Waals surface area contributed by atoms with Gasteiger partial charge in [-0.05, 0) is 30.9 Å². The lowest BCUT2D eigenvalue weighted by atomic mass is 10.00. The van der Waals surface area contributed by atoms with Gasteiger partial charge in [-0.1, -0.05) is 24.3 Å². The molecule has 0 saturated carbocycles. The molecule has 128 valence electrons. The molecule has 1 aliphatic heterocycles. The van der Waals surface area contributed by atoms with E-state index in [0.717, 1.165) is 24.1 Å². The summed E-state index contributed by atoms with van der Waals surface area (Å²) in [6.45, 7) is 4.25. The van der Waals surface area contributed by atoms with Gasteiger partial charge in [0.2, 0.25) is 10.3 Å². The molecule has 0 radical (unpaired) electrons. The number of urea groups is 1. The van der Waals surface area contributed by atoms with E-state index in [1.807, 2.05) is 12.1 Å². The van der Waals surface area contributed by atoms with E-state index in [2.05, 4.69) is 32.7 Å². The second-order valence-corrected chi connectivity index (χ2v) is 6.83. The third-order valence-corrected chi connectivity index (χ3v) is 4.92. The fraction of sp³-hybridized carbons (Fsp3) is 0.438. The maximum absolute atomic E-state index is 12.1. The molecule has 1 saturated heterocycles. The highest BCUT2D eigenvalue weighted by Crippen LogP contribution is 2.28. The Morgan fingerprint density at radius 3 is 2.83 bits per heavy atom. The maximum atomic E-state index is 12.1. The molecule has 1 fully saturated rings. The van der Waals surface area contributed by atoms with Crippen LogP contribution in [0.1, 0.15) is 19.8 Å². The SMILES string of the molecule is COc1cccc(NC(=O)Nc2nnc(N3CCC(C)CC3)s2)c1. The molecule has 3 rings (SSSR count). The summed E-state index contributed by atoms with van der Waals surface area (Å²) >= 11 is 1.39. The number of carbonyl (C=O) groups is 1. The van der Waals surface area contributed by atoms with Crippen LogP contribution in [0.2, 0.25) is 0 Å². The van der Waals surface area contributed by atoms with Crippen LogP contribution in [0.25, 0.3) is 0 Å². The Kier molecular flexibility index (Phi) is 5.14. The number of carbonyl (C=O) groups excluding carboxylic acids is 1. The average molecular weight is 347 g/mol. The summed E-state index contributed by atoms with van der Waals surface area (Å²) in [6.07, 6.45) is 2.33. The highest BCUT2D eigenvalue weighted by atomic mass is 32.1. The molecule has 2 N–H and O–H groups in total. The predicted octanol–water partition coefficient (Wildman–Crippen LogP) is 3.43. The van der Waals surface area contributed by atoms with Crippen LogP contribution in [0.15, 0.2) is 24.3 Å². The van der Waals surface area contributed by atoms with E-state index in [1.54, 1.807) is 19.2 Å². The zero-order chi connectivity index (χ0) is 16.9. The highest BCUT2D eigenvalue weighted by Gasteiger charge is 2.19. The van der Waals surface area contributed by atoms with Gasteiger partial charge in [0.05, 0.1) is 7.11 Å². The van der Waals surface area contributed by atoms with Crippen molar-refractivity contribution in [3.8, 4) is 5.75 Å². The number of methoxy groups -OCH3 is 1. The normalized spacial score (nSPS) is 15.2. The second kappa shape index (κ2) is 7.48. The number of hydrogen-bond donors (Lipinski definition) is 2. The van der Waals surface area contributed by atoms with Crippen molar-refractivity contribution in [2.75, 3.05) is 35.7 Å². The molecule has 24 heavy (non-hydrogen) atoms. The van der Waals surface area contributed by atoms with Gasteiger partial charge < -0.3 is 15.0 Å². The largest absolute Gasteiger partial charge is 0.497 e. The van der Waals surface area contributed by atoms with Gasteiger partial charge in [-0.25, -0.2) is 4.79 Å². The Balaban J connectivity index is 1.57. The number of nitrogens with one attached hydrogen (secondary N) is 2. The van der Waals surface area contributed by atoms with Crippen LogP contribution < -0.4 is 20.3 Å². The Labute approximate surface area is 145 Å². The lowest BCUT2D eigenvalue weighted by molar-refractivity contribution is 0.262. The summed E-state index contributed by atoms with van der Waals surface area (Å²) in [5.74, 6) is 1.45. The van der Waals surface area contributed by atoms with Crippen LogP contribution in [0, 0.1) is 5.92 Å². The average Bonchev–Trinajstić information content (AvgIpc) is 3.04. The lowest BCUT2D eigenvalue weighted by Crippen LogP contribution is -2.32. The number of benzene rings is 1. The minimum atomic E-state index is -0.349. The molecule has 1 aliphatic rings. The third-order valence-electron chi connectivity index (χ3n) is 4.02. The van der Waals surface area contributed by atoms with Crippen molar-refractivity contribution < 1.29 is 9.53 Å². The van der Waals surface area contributed by atoms with Crippen LogP contribution in [0.5, 0.6) is 5.75 Å². The monoisotopic (exact) mass is 347 g/mol. The number of rotatable bonds is 4. The molecule has 0 bridgehead atoms. The third kappa shape index (κ3) is 4.14. The van der Waals surface area contributed by atoms with Gasteiger partial charge in [0.1, 0.15) is 5.75 Å². The fourth-order valence-corrected chi connectivity index (χ4v) is 3.35. The van der Waals surface area contributed by atoms with Crippen molar-refractivity contribution in [1.82, 2.24) is 10.2 Å². The van der Waals surface area contributed by atoms with Crippen molar-refractivity contribution in [2.45, 2.75) is 19.8 Å². The summed E-state index contributed by atoms with van der Waals surface area (Å²) < 4.78 is 5.14. The van der Waals surface area contributed by atoms with E-state index in [9.17, 15) is 4.79 Å². The zero-order valence-electron chi connectivity index (χ0n) is 13.8. The number of amides is 2. The lowest BCUT2D eigenvalue weighted by Gasteiger charge is -2.29. The molecular formula is C16H21N5O2S. The summed E-state index contributed by atoms with van der Waals surface area (Å²) in [6, 6.07) is 6.83. The van der Waals surface area contributed by atoms with Crippen molar-refractivity contribution in [1.29, 1.82) is 0 Å². The van der Waals surface area contributed by atoms with Crippen LogP contribution in [0.3, 0.4) is 0 Å². The summed E-state index contributed by atoms with van der Waals surface area (Å²) in [5, 5.41) is 15.1. The smallest absolute Gasteiger partial charge is 0.325 e. The van der Waals surface area contributed by atoms with Crippen molar-refractivity contribution in [2.24, 2.45) is 5.92 Å². The van der Waals surface area contributed by atoms with Crippen LogP contribution in [-0.4, -0.2) is 36.4 Å².